The predicted octanol–water partition coefficient (Wildman–Crippen LogP) is 4.91. The number of Topliss-reactive ketones (excluding diaryl/α,β-unsaturated/α-hetero) is 2. The molecule has 0 fully saturated rings. The molecule has 0 heterocycles. The number of nitro benzene ring substituents is 2. The van der Waals surface area contributed by atoms with Gasteiger partial charge in [0.15, 0.2) is 11.6 Å². The monoisotopic (exact) mass is 384 g/mol. The van der Waals surface area contributed by atoms with Crippen molar-refractivity contribution in [3.05, 3.63) is 79.9 Å². The summed E-state index contributed by atoms with van der Waals surface area (Å²) in [4.78, 5) is 44.6. The normalized spacial score (nSPS) is 10.4. The van der Waals surface area contributed by atoms with E-state index in [2.05, 4.69) is 0 Å². The molecule has 0 N–H and O–H groups in total. The number of nitrogens with zero attached hydrogens (tertiary/aromatic N) is 2. The first kappa shape index (κ1) is 20.9. The molecule has 8 nitrogen and oxygen atoms in total. The molecule has 0 spiro atoms. The van der Waals surface area contributed by atoms with E-state index in [-0.39, 0.29) is 22.9 Å². The maximum atomic E-state index is 12.1. The van der Waals surface area contributed by atoms with Gasteiger partial charge in [-0.3, -0.25) is 29.8 Å². The smallest absolute Gasteiger partial charge is 0.270 e. The highest BCUT2D eigenvalue weighted by Gasteiger charge is 2.12. The van der Waals surface area contributed by atoms with Crippen LogP contribution in [0.3, 0.4) is 0 Å². The number of non-ortho nitro benzene ring substituents is 2. The van der Waals surface area contributed by atoms with Crippen LogP contribution in [0, 0.1) is 20.2 Å². The number of ketones is 2. The van der Waals surface area contributed by atoms with Crippen LogP contribution in [-0.4, -0.2) is 21.4 Å². The summed E-state index contributed by atoms with van der Waals surface area (Å²) in [6, 6.07) is 11.3. The Labute approximate surface area is 161 Å². The molecule has 146 valence electrons. The van der Waals surface area contributed by atoms with E-state index < -0.39 is 9.85 Å². The zero-order chi connectivity index (χ0) is 20.5. The third-order valence-corrected chi connectivity index (χ3v) is 4.32. The summed E-state index contributed by atoms with van der Waals surface area (Å²) in [6.45, 7) is 0. The van der Waals surface area contributed by atoms with Crippen molar-refractivity contribution in [2.24, 2.45) is 0 Å². The quantitative estimate of drug-likeness (QED) is 0.235. The molecule has 2 rings (SSSR count). The molecule has 28 heavy (non-hydrogen) atoms. The Hall–Kier alpha value is -3.42. The zero-order valence-corrected chi connectivity index (χ0v) is 15.2. The number of hydrogen-bond acceptors (Lipinski definition) is 6. The molecule has 2 aromatic carbocycles. The molecular weight excluding hydrogens is 364 g/mol. The van der Waals surface area contributed by atoms with Crippen LogP contribution >= 0.6 is 0 Å². The van der Waals surface area contributed by atoms with E-state index in [4.69, 9.17) is 0 Å². The minimum absolute atomic E-state index is 0.106. The summed E-state index contributed by atoms with van der Waals surface area (Å²) in [7, 11) is 0. The summed E-state index contributed by atoms with van der Waals surface area (Å²) in [5.41, 5.74) is 0.445. The largest absolute Gasteiger partial charge is 0.294 e. The van der Waals surface area contributed by atoms with Crippen LogP contribution in [0.5, 0.6) is 0 Å². The van der Waals surface area contributed by atoms with Gasteiger partial charge >= 0.3 is 0 Å². The first-order chi connectivity index (χ1) is 13.4. The number of hydrogen-bond donors (Lipinski definition) is 0. The SMILES string of the molecule is O=C(CCCCCCC(=O)c1cccc([N+](=O)[O-])c1)c1cccc([N+](=O)[O-])c1. The summed E-state index contributed by atoms with van der Waals surface area (Å²) < 4.78 is 0. The summed E-state index contributed by atoms with van der Waals surface area (Å²) in [5, 5.41) is 21.5. The Morgan fingerprint density at radius 1 is 0.679 bits per heavy atom. The van der Waals surface area contributed by atoms with Crippen LogP contribution in [0.4, 0.5) is 11.4 Å². The fourth-order valence-electron chi connectivity index (χ4n) is 2.80. The molecule has 8 heteroatoms. The highest BCUT2D eigenvalue weighted by atomic mass is 16.6. The van der Waals surface area contributed by atoms with Gasteiger partial charge in [0.05, 0.1) is 9.85 Å². The molecule has 0 amide bonds. The number of carbonyl (C=O) groups is 2. The van der Waals surface area contributed by atoms with Crippen LogP contribution in [0.2, 0.25) is 0 Å². The van der Waals surface area contributed by atoms with Crippen molar-refractivity contribution in [3.8, 4) is 0 Å². The van der Waals surface area contributed by atoms with E-state index in [9.17, 15) is 29.8 Å². The Bertz CT molecular complexity index is 820. The van der Waals surface area contributed by atoms with E-state index in [1.54, 1.807) is 12.1 Å². The minimum atomic E-state index is -0.533. The summed E-state index contributed by atoms with van der Waals surface area (Å²) in [5.74, 6) is -0.284. The van der Waals surface area contributed by atoms with Gasteiger partial charge in [0, 0.05) is 48.2 Å². The zero-order valence-electron chi connectivity index (χ0n) is 15.2. The third-order valence-electron chi connectivity index (χ3n) is 4.32. The minimum Gasteiger partial charge on any atom is -0.294 e. The standard InChI is InChI=1S/C20H20N2O6/c23-19(15-7-5-9-17(13-15)21(25)26)11-3-1-2-4-12-20(24)16-8-6-10-18(14-16)22(27)28/h5-10,13-14H,1-4,11-12H2. The van der Waals surface area contributed by atoms with Gasteiger partial charge in [-0.15, -0.1) is 0 Å². The van der Waals surface area contributed by atoms with Gasteiger partial charge < -0.3 is 0 Å². The molecule has 0 radical (unpaired) electrons. The molecule has 0 aliphatic carbocycles. The lowest BCUT2D eigenvalue weighted by molar-refractivity contribution is -0.385. The molecule has 0 saturated carbocycles. The molecule has 0 aliphatic heterocycles. The second-order valence-corrected chi connectivity index (χ2v) is 6.38. The Morgan fingerprint density at radius 2 is 1.07 bits per heavy atom. The van der Waals surface area contributed by atoms with E-state index in [1.807, 2.05) is 0 Å². The number of rotatable bonds is 11. The van der Waals surface area contributed by atoms with E-state index >= 15 is 0 Å². The fraction of sp³-hybridized carbons (Fsp3) is 0.300. The van der Waals surface area contributed by atoms with Crippen LogP contribution < -0.4 is 0 Å². The highest BCUT2D eigenvalue weighted by Crippen LogP contribution is 2.18. The van der Waals surface area contributed by atoms with Crippen LogP contribution in [0.15, 0.2) is 48.5 Å². The lowest BCUT2D eigenvalue weighted by Gasteiger charge is -2.03. The topological polar surface area (TPSA) is 120 Å². The molecule has 2 aromatic rings. The maximum Gasteiger partial charge on any atom is 0.270 e. The van der Waals surface area contributed by atoms with Crippen molar-refractivity contribution in [2.45, 2.75) is 38.5 Å². The fourth-order valence-corrected chi connectivity index (χ4v) is 2.80. The van der Waals surface area contributed by atoms with Crippen molar-refractivity contribution >= 4 is 22.9 Å². The predicted molar refractivity (Wildman–Crippen MR) is 103 cm³/mol. The molecule has 0 aliphatic rings. The average Bonchev–Trinajstić information content (AvgIpc) is 2.70. The van der Waals surface area contributed by atoms with Gasteiger partial charge in [-0.25, -0.2) is 0 Å². The first-order valence-electron chi connectivity index (χ1n) is 8.94. The highest BCUT2D eigenvalue weighted by molar-refractivity contribution is 5.97. The van der Waals surface area contributed by atoms with Gasteiger partial charge in [0.25, 0.3) is 11.4 Å². The van der Waals surface area contributed by atoms with Gasteiger partial charge in [-0.05, 0) is 12.8 Å². The van der Waals surface area contributed by atoms with Crippen molar-refractivity contribution in [1.29, 1.82) is 0 Å². The van der Waals surface area contributed by atoms with Crippen LogP contribution in [0.1, 0.15) is 59.2 Å². The third kappa shape index (κ3) is 6.08. The summed E-state index contributed by atoms with van der Waals surface area (Å²) in [6.07, 6.45) is 3.35. The number of carbonyl (C=O) groups excluding carboxylic acids is 2. The van der Waals surface area contributed by atoms with E-state index in [0.29, 0.717) is 36.8 Å². The van der Waals surface area contributed by atoms with Gasteiger partial charge in [-0.2, -0.15) is 0 Å². The molecule has 0 unspecified atom stereocenters. The lowest BCUT2D eigenvalue weighted by atomic mass is 10.0. The number of nitro groups is 2. The van der Waals surface area contributed by atoms with E-state index in [1.165, 1.54) is 36.4 Å². The van der Waals surface area contributed by atoms with Gasteiger partial charge in [0.2, 0.25) is 0 Å². The van der Waals surface area contributed by atoms with Crippen LogP contribution in [0.25, 0.3) is 0 Å². The molecule has 0 saturated heterocycles. The molecule has 0 atom stereocenters. The number of unbranched alkanes of at least 4 members (excludes halogenated alkanes) is 3. The Morgan fingerprint density at radius 3 is 1.43 bits per heavy atom. The van der Waals surface area contributed by atoms with Crippen molar-refractivity contribution in [3.63, 3.8) is 0 Å². The lowest BCUT2D eigenvalue weighted by Crippen LogP contribution is -2.01. The van der Waals surface area contributed by atoms with Gasteiger partial charge in [0.1, 0.15) is 0 Å². The van der Waals surface area contributed by atoms with Crippen molar-refractivity contribution in [1.82, 2.24) is 0 Å². The summed E-state index contributed by atoms with van der Waals surface area (Å²) >= 11 is 0. The van der Waals surface area contributed by atoms with Crippen LogP contribution in [-0.2, 0) is 0 Å². The number of benzene rings is 2. The first-order valence-corrected chi connectivity index (χ1v) is 8.94. The second-order valence-electron chi connectivity index (χ2n) is 6.38. The molecular formula is C20H20N2O6. The Kier molecular flexibility index (Phi) is 7.50. The Balaban J connectivity index is 1.70. The maximum absolute atomic E-state index is 12.1. The average molecular weight is 384 g/mol. The van der Waals surface area contributed by atoms with Crippen molar-refractivity contribution in [2.75, 3.05) is 0 Å². The van der Waals surface area contributed by atoms with E-state index in [0.717, 1.165) is 12.8 Å². The van der Waals surface area contributed by atoms with Gasteiger partial charge in [-0.1, -0.05) is 37.1 Å². The van der Waals surface area contributed by atoms with Crippen molar-refractivity contribution < 1.29 is 19.4 Å². The molecule has 0 aromatic heterocycles. The molecule has 0 bridgehead atoms. The second kappa shape index (κ2) is 10.1.